The minimum absolute atomic E-state index is 0.0829. The smallest absolute Gasteiger partial charge is 0.336 e. The molecule has 7 nitrogen and oxygen atoms in total. The van der Waals surface area contributed by atoms with Crippen LogP contribution in [0.2, 0.25) is 0 Å². The largest absolute Gasteiger partial charge is 0.478 e. The summed E-state index contributed by atoms with van der Waals surface area (Å²) in [5.74, 6) is -0.163. The standard InChI is InChI=1S/C28H26N4O3/c1-3-7-25-29-22-12-10-19(21-13-15-26(33)31-30-21)16-24(22)32(25)23-14-11-20(18-8-5-4-6-9-18)27(17(23)2)28(34)35/h4-6,8-12,14,16H,3,7,13,15H2,1-2H3,(H,31,33)(H,34,35). The lowest BCUT2D eigenvalue weighted by atomic mass is 9.94. The minimum Gasteiger partial charge on any atom is -0.478 e. The third-order valence-electron chi connectivity index (χ3n) is 6.41. The summed E-state index contributed by atoms with van der Waals surface area (Å²) in [6.45, 7) is 3.96. The summed E-state index contributed by atoms with van der Waals surface area (Å²) >= 11 is 0. The number of carboxylic acids is 1. The van der Waals surface area contributed by atoms with Gasteiger partial charge < -0.3 is 5.11 Å². The van der Waals surface area contributed by atoms with Gasteiger partial charge in [0.15, 0.2) is 0 Å². The number of amides is 1. The number of nitrogens with zero attached hydrogens (tertiary/aromatic N) is 3. The van der Waals surface area contributed by atoms with Gasteiger partial charge in [-0.05, 0) is 53.8 Å². The van der Waals surface area contributed by atoms with Crippen LogP contribution in [0.4, 0.5) is 0 Å². The van der Waals surface area contributed by atoms with Gasteiger partial charge in [0.2, 0.25) is 5.91 Å². The van der Waals surface area contributed by atoms with Gasteiger partial charge in [0, 0.05) is 19.3 Å². The predicted molar refractivity (Wildman–Crippen MR) is 136 cm³/mol. The first kappa shape index (κ1) is 22.5. The average Bonchev–Trinajstić information content (AvgIpc) is 3.22. The van der Waals surface area contributed by atoms with Gasteiger partial charge in [0.1, 0.15) is 5.82 Å². The molecule has 0 unspecified atom stereocenters. The molecule has 0 spiro atoms. The number of rotatable bonds is 6. The van der Waals surface area contributed by atoms with Crippen molar-refractivity contribution in [3.8, 4) is 16.8 Å². The molecule has 1 aliphatic rings. The summed E-state index contributed by atoms with van der Waals surface area (Å²) in [7, 11) is 0. The van der Waals surface area contributed by atoms with Crippen molar-refractivity contribution >= 4 is 28.6 Å². The Bertz CT molecular complexity index is 1490. The van der Waals surface area contributed by atoms with Crippen molar-refractivity contribution in [3.05, 3.63) is 83.2 Å². The van der Waals surface area contributed by atoms with Gasteiger partial charge in [0.05, 0.1) is 28.0 Å². The highest BCUT2D eigenvalue weighted by atomic mass is 16.4. The number of nitrogens with one attached hydrogen (secondary N) is 1. The molecule has 3 aromatic carbocycles. The molecule has 0 bridgehead atoms. The Hall–Kier alpha value is -4.26. The molecular formula is C28H26N4O3. The number of carbonyl (C=O) groups is 2. The first-order valence-electron chi connectivity index (χ1n) is 11.8. The third kappa shape index (κ3) is 4.10. The van der Waals surface area contributed by atoms with E-state index in [-0.39, 0.29) is 11.5 Å². The Kier molecular flexibility index (Phi) is 5.91. The molecule has 4 aromatic rings. The summed E-state index contributed by atoms with van der Waals surface area (Å²) in [6.07, 6.45) is 2.63. The van der Waals surface area contributed by atoms with Crippen LogP contribution in [0.15, 0.2) is 65.8 Å². The summed E-state index contributed by atoms with van der Waals surface area (Å²) in [6, 6.07) is 19.4. The lowest BCUT2D eigenvalue weighted by Crippen LogP contribution is -2.25. The van der Waals surface area contributed by atoms with Gasteiger partial charge in [-0.25, -0.2) is 15.2 Å². The highest BCUT2D eigenvalue weighted by Gasteiger charge is 2.22. The number of hydrazone groups is 1. The summed E-state index contributed by atoms with van der Waals surface area (Å²) in [4.78, 5) is 28.8. The molecule has 7 heteroatoms. The number of fused-ring (bicyclic) bond motifs is 1. The zero-order chi connectivity index (χ0) is 24.5. The van der Waals surface area contributed by atoms with Gasteiger partial charge in [-0.15, -0.1) is 0 Å². The number of aromatic nitrogens is 2. The fourth-order valence-corrected chi connectivity index (χ4v) is 4.72. The Morgan fingerprint density at radius 1 is 1.06 bits per heavy atom. The summed E-state index contributed by atoms with van der Waals surface area (Å²) < 4.78 is 2.07. The number of imidazole rings is 1. The molecule has 1 amide bonds. The van der Waals surface area contributed by atoms with Crippen molar-refractivity contribution in [2.75, 3.05) is 0 Å². The van der Waals surface area contributed by atoms with Crippen molar-refractivity contribution in [2.45, 2.75) is 39.5 Å². The second-order valence-corrected chi connectivity index (χ2v) is 8.71. The molecule has 2 heterocycles. The van der Waals surface area contributed by atoms with E-state index in [1.54, 1.807) is 0 Å². The lowest BCUT2D eigenvalue weighted by Gasteiger charge is -2.17. The molecule has 176 valence electrons. The number of aryl methyl sites for hydroxylation is 1. The van der Waals surface area contributed by atoms with Crippen molar-refractivity contribution in [1.82, 2.24) is 15.0 Å². The van der Waals surface area contributed by atoms with Gasteiger partial charge in [-0.1, -0.05) is 49.4 Å². The maximum absolute atomic E-state index is 12.4. The van der Waals surface area contributed by atoms with Crippen molar-refractivity contribution in [3.63, 3.8) is 0 Å². The van der Waals surface area contributed by atoms with Crippen LogP contribution in [0.25, 0.3) is 27.8 Å². The Balaban J connectivity index is 1.73. The Morgan fingerprint density at radius 2 is 1.86 bits per heavy atom. The van der Waals surface area contributed by atoms with E-state index in [0.717, 1.165) is 52.2 Å². The average molecular weight is 467 g/mol. The van der Waals surface area contributed by atoms with E-state index < -0.39 is 5.97 Å². The predicted octanol–water partition coefficient (Wildman–Crippen LogP) is 5.27. The molecule has 35 heavy (non-hydrogen) atoms. The quantitative estimate of drug-likeness (QED) is 0.405. The highest BCUT2D eigenvalue weighted by molar-refractivity contribution is 6.06. The second-order valence-electron chi connectivity index (χ2n) is 8.71. The van der Waals surface area contributed by atoms with E-state index in [0.29, 0.717) is 24.0 Å². The SMILES string of the molecule is CCCc1nc2ccc(C3=NNC(=O)CC3)cc2n1-c1ccc(-c2ccccc2)c(C(=O)O)c1C. The van der Waals surface area contributed by atoms with Crippen LogP contribution in [-0.2, 0) is 11.2 Å². The molecule has 5 rings (SSSR count). The van der Waals surface area contributed by atoms with E-state index in [2.05, 4.69) is 22.0 Å². The molecule has 1 aromatic heterocycles. The number of hydrogen-bond donors (Lipinski definition) is 2. The van der Waals surface area contributed by atoms with Crippen LogP contribution in [0, 0.1) is 6.92 Å². The summed E-state index contributed by atoms with van der Waals surface area (Å²) in [5.41, 5.74) is 9.33. The van der Waals surface area contributed by atoms with Crippen LogP contribution in [0.1, 0.15) is 53.5 Å². The number of carbonyl (C=O) groups excluding carboxylic acids is 1. The monoisotopic (exact) mass is 466 g/mol. The molecule has 0 saturated heterocycles. The number of aromatic carboxylic acids is 1. The molecule has 0 atom stereocenters. The van der Waals surface area contributed by atoms with E-state index >= 15 is 0 Å². The first-order valence-corrected chi connectivity index (χ1v) is 11.8. The van der Waals surface area contributed by atoms with Gasteiger partial charge in [-0.3, -0.25) is 9.36 Å². The number of carboxylic acid groups (broad SMARTS) is 1. The van der Waals surface area contributed by atoms with E-state index in [1.807, 2.05) is 67.6 Å². The molecule has 0 aliphatic carbocycles. The first-order chi connectivity index (χ1) is 17.0. The lowest BCUT2D eigenvalue weighted by molar-refractivity contribution is -0.121. The van der Waals surface area contributed by atoms with Crippen LogP contribution >= 0.6 is 0 Å². The minimum atomic E-state index is -0.961. The van der Waals surface area contributed by atoms with Crippen LogP contribution in [0.5, 0.6) is 0 Å². The van der Waals surface area contributed by atoms with Crippen LogP contribution in [-0.4, -0.2) is 32.2 Å². The van der Waals surface area contributed by atoms with E-state index in [4.69, 9.17) is 4.98 Å². The maximum atomic E-state index is 12.4. The fraction of sp³-hybridized carbons (Fsp3) is 0.214. The van der Waals surface area contributed by atoms with E-state index in [1.165, 1.54) is 0 Å². The maximum Gasteiger partial charge on any atom is 0.336 e. The molecule has 1 aliphatic heterocycles. The number of hydrogen-bond acceptors (Lipinski definition) is 4. The molecule has 0 saturated carbocycles. The Labute approximate surface area is 203 Å². The molecule has 0 fully saturated rings. The highest BCUT2D eigenvalue weighted by Crippen LogP contribution is 2.33. The van der Waals surface area contributed by atoms with Gasteiger partial charge in [-0.2, -0.15) is 5.10 Å². The van der Waals surface area contributed by atoms with Gasteiger partial charge >= 0.3 is 5.97 Å². The third-order valence-corrected chi connectivity index (χ3v) is 6.41. The molecule has 0 radical (unpaired) electrons. The van der Waals surface area contributed by atoms with Crippen molar-refractivity contribution in [2.24, 2.45) is 5.10 Å². The van der Waals surface area contributed by atoms with Crippen molar-refractivity contribution in [1.29, 1.82) is 0 Å². The molecular weight excluding hydrogens is 440 g/mol. The second kappa shape index (κ2) is 9.18. The molecule has 2 N–H and O–H groups in total. The summed E-state index contributed by atoms with van der Waals surface area (Å²) in [5, 5.41) is 14.4. The van der Waals surface area contributed by atoms with Gasteiger partial charge in [0.25, 0.3) is 0 Å². The topological polar surface area (TPSA) is 96.6 Å². The fourth-order valence-electron chi connectivity index (χ4n) is 4.72. The van der Waals surface area contributed by atoms with Crippen LogP contribution < -0.4 is 5.43 Å². The van der Waals surface area contributed by atoms with Crippen molar-refractivity contribution < 1.29 is 14.7 Å². The zero-order valence-electron chi connectivity index (χ0n) is 19.7. The zero-order valence-corrected chi connectivity index (χ0v) is 19.7. The van der Waals surface area contributed by atoms with E-state index in [9.17, 15) is 14.7 Å². The van der Waals surface area contributed by atoms with Crippen LogP contribution in [0.3, 0.4) is 0 Å². The Morgan fingerprint density at radius 3 is 2.54 bits per heavy atom. The normalized spacial score (nSPS) is 13.5. The number of benzene rings is 3.